The highest BCUT2D eigenvalue weighted by Gasteiger charge is 2.36. The molecule has 0 aromatic rings. The first-order valence-corrected chi connectivity index (χ1v) is 7.46. The van der Waals surface area contributed by atoms with Gasteiger partial charge in [-0.2, -0.15) is 0 Å². The van der Waals surface area contributed by atoms with E-state index in [1.165, 1.54) is 0 Å². The van der Waals surface area contributed by atoms with E-state index in [1.54, 1.807) is 0 Å². The number of carbonyl (C=O) groups is 1. The van der Waals surface area contributed by atoms with Gasteiger partial charge in [0, 0.05) is 6.54 Å². The van der Waals surface area contributed by atoms with Crippen molar-refractivity contribution in [3.8, 4) is 0 Å². The topological polar surface area (TPSA) is 52.6 Å². The van der Waals surface area contributed by atoms with E-state index in [1.807, 2.05) is 4.90 Å². The van der Waals surface area contributed by atoms with E-state index in [9.17, 15) is 9.90 Å². The average Bonchev–Trinajstić information content (AvgIpc) is 2.39. The smallest absolute Gasteiger partial charge is 0.240 e. The molecular formula is C14H26N2O2. The second-order valence-electron chi connectivity index (χ2n) is 5.60. The third-order valence-electron chi connectivity index (χ3n) is 4.21. The lowest BCUT2D eigenvalue weighted by molar-refractivity contribution is -0.142. The minimum atomic E-state index is -0.312. The van der Waals surface area contributed by atoms with Crippen LogP contribution in [0.15, 0.2) is 0 Å². The van der Waals surface area contributed by atoms with Gasteiger partial charge in [0.15, 0.2) is 0 Å². The molecule has 2 aliphatic rings. The normalized spacial score (nSPS) is 33.8. The summed E-state index contributed by atoms with van der Waals surface area (Å²) in [6.45, 7) is 3.84. The molecule has 1 amide bonds. The summed E-state index contributed by atoms with van der Waals surface area (Å²) >= 11 is 0. The van der Waals surface area contributed by atoms with Crippen LogP contribution in [0.3, 0.4) is 0 Å². The average molecular weight is 254 g/mol. The van der Waals surface area contributed by atoms with Crippen molar-refractivity contribution >= 4 is 5.91 Å². The van der Waals surface area contributed by atoms with Crippen LogP contribution >= 0.6 is 0 Å². The molecule has 104 valence electrons. The molecule has 2 rings (SSSR count). The SMILES string of the molecule is CCCNC1CCCN(C2CCCCC2O)C1=O. The summed E-state index contributed by atoms with van der Waals surface area (Å²) in [5.74, 6) is 0.209. The van der Waals surface area contributed by atoms with Crippen LogP contribution < -0.4 is 5.32 Å². The largest absolute Gasteiger partial charge is 0.391 e. The summed E-state index contributed by atoms with van der Waals surface area (Å²) in [5.41, 5.74) is 0. The van der Waals surface area contributed by atoms with Gasteiger partial charge < -0.3 is 15.3 Å². The van der Waals surface area contributed by atoms with Gasteiger partial charge in [-0.25, -0.2) is 0 Å². The minimum absolute atomic E-state index is 0.0205. The van der Waals surface area contributed by atoms with Crippen molar-refractivity contribution in [3.63, 3.8) is 0 Å². The van der Waals surface area contributed by atoms with Crippen molar-refractivity contribution < 1.29 is 9.90 Å². The predicted octanol–water partition coefficient (Wildman–Crippen LogP) is 1.28. The van der Waals surface area contributed by atoms with Crippen molar-refractivity contribution in [3.05, 3.63) is 0 Å². The Morgan fingerprint density at radius 3 is 2.78 bits per heavy atom. The molecule has 18 heavy (non-hydrogen) atoms. The van der Waals surface area contributed by atoms with Crippen LogP contribution in [0.5, 0.6) is 0 Å². The molecule has 0 radical (unpaired) electrons. The standard InChI is InChI=1S/C14H26N2O2/c1-2-9-15-11-6-5-10-16(14(11)18)12-7-3-4-8-13(12)17/h11-13,15,17H,2-10H2,1H3. The van der Waals surface area contributed by atoms with E-state index in [2.05, 4.69) is 12.2 Å². The van der Waals surface area contributed by atoms with Crippen molar-refractivity contribution in [2.24, 2.45) is 0 Å². The number of rotatable bonds is 4. The Bertz CT molecular complexity index is 283. The molecule has 1 aliphatic carbocycles. The van der Waals surface area contributed by atoms with Crippen molar-refractivity contribution in [2.45, 2.75) is 70.1 Å². The van der Waals surface area contributed by atoms with E-state index < -0.39 is 0 Å². The number of likely N-dealkylation sites (tertiary alicyclic amines) is 1. The number of piperidine rings is 1. The third-order valence-corrected chi connectivity index (χ3v) is 4.21. The fourth-order valence-corrected chi connectivity index (χ4v) is 3.19. The summed E-state index contributed by atoms with van der Waals surface area (Å²) in [6.07, 6.45) is 6.78. The molecule has 4 nitrogen and oxygen atoms in total. The van der Waals surface area contributed by atoms with E-state index in [0.29, 0.717) is 0 Å². The van der Waals surface area contributed by atoms with Crippen LogP contribution in [0.1, 0.15) is 51.9 Å². The van der Waals surface area contributed by atoms with Gasteiger partial charge in [-0.3, -0.25) is 4.79 Å². The summed E-state index contributed by atoms with van der Waals surface area (Å²) in [6, 6.07) is 0.0466. The number of nitrogens with zero attached hydrogens (tertiary/aromatic N) is 1. The molecule has 2 fully saturated rings. The van der Waals surface area contributed by atoms with Gasteiger partial charge in [0.05, 0.1) is 18.2 Å². The zero-order valence-corrected chi connectivity index (χ0v) is 11.4. The van der Waals surface area contributed by atoms with Crippen LogP contribution in [-0.4, -0.2) is 47.2 Å². The monoisotopic (exact) mass is 254 g/mol. The van der Waals surface area contributed by atoms with Gasteiger partial charge in [0.2, 0.25) is 5.91 Å². The number of amides is 1. The van der Waals surface area contributed by atoms with Gasteiger partial charge in [-0.05, 0) is 38.6 Å². The second-order valence-corrected chi connectivity index (χ2v) is 5.60. The maximum absolute atomic E-state index is 12.4. The molecule has 1 saturated carbocycles. The van der Waals surface area contributed by atoms with Crippen LogP contribution in [-0.2, 0) is 4.79 Å². The Kier molecular flexibility index (Phi) is 5.01. The van der Waals surface area contributed by atoms with Crippen molar-refractivity contribution in [1.82, 2.24) is 10.2 Å². The van der Waals surface area contributed by atoms with E-state index in [4.69, 9.17) is 0 Å². The first-order chi connectivity index (χ1) is 8.74. The molecule has 1 saturated heterocycles. The minimum Gasteiger partial charge on any atom is -0.391 e. The fraction of sp³-hybridized carbons (Fsp3) is 0.929. The van der Waals surface area contributed by atoms with Crippen molar-refractivity contribution in [1.29, 1.82) is 0 Å². The predicted molar refractivity (Wildman–Crippen MR) is 71.3 cm³/mol. The Balaban J connectivity index is 1.96. The number of aliphatic hydroxyl groups is 1. The lowest BCUT2D eigenvalue weighted by Crippen LogP contribution is -2.57. The third kappa shape index (κ3) is 3.04. The molecule has 1 aliphatic heterocycles. The van der Waals surface area contributed by atoms with Gasteiger partial charge in [0.25, 0.3) is 0 Å². The summed E-state index contributed by atoms with van der Waals surface area (Å²) in [5, 5.41) is 13.4. The molecule has 1 heterocycles. The van der Waals surface area contributed by atoms with E-state index in [0.717, 1.165) is 58.0 Å². The van der Waals surface area contributed by atoms with E-state index >= 15 is 0 Å². The summed E-state index contributed by atoms with van der Waals surface area (Å²) in [4.78, 5) is 14.4. The summed E-state index contributed by atoms with van der Waals surface area (Å²) in [7, 11) is 0. The number of nitrogens with one attached hydrogen (secondary N) is 1. The van der Waals surface area contributed by atoms with Gasteiger partial charge in [-0.1, -0.05) is 19.8 Å². The molecule has 0 aromatic carbocycles. The molecule has 3 atom stereocenters. The van der Waals surface area contributed by atoms with E-state index in [-0.39, 0.29) is 24.1 Å². The number of aliphatic hydroxyl groups excluding tert-OH is 1. The zero-order valence-electron chi connectivity index (χ0n) is 11.4. The Morgan fingerprint density at radius 1 is 1.28 bits per heavy atom. The molecule has 0 bridgehead atoms. The molecular weight excluding hydrogens is 228 g/mol. The lowest BCUT2D eigenvalue weighted by atomic mass is 9.89. The van der Waals surface area contributed by atoms with Crippen LogP contribution in [0.25, 0.3) is 0 Å². The first-order valence-electron chi connectivity index (χ1n) is 7.46. The number of hydrogen-bond acceptors (Lipinski definition) is 3. The maximum atomic E-state index is 12.4. The summed E-state index contributed by atoms with van der Waals surface area (Å²) < 4.78 is 0. The lowest BCUT2D eigenvalue weighted by Gasteiger charge is -2.42. The molecule has 2 N–H and O–H groups in total. The van der Waals surface area contributed by atoms with Gasteiger partial charge >= 0.3 is 0 Å². The molecule has 4 heteroatoms. The van der Waals surface area contributed by atoms with Gasteiger partial charge in [-0.15, -0.1) is 0 Å². The molecule has 0 aromatic heterocycles. The Morgan fingerprint density at radius 2 is 2.06 bits per heavy atom. The highest BCUT2D eigenvalue weighted by atomic mass is 16.3. The van der Waals surface area contributed by atoms with Crippen LogP contribution in [0.4, 0.5) is 0 Å². The zero-order chi connectivity index (χ0) is 13.0. The Hall–Kier alpha value is -0.610. The van der Waals surface area contributed by atoms with Crippen LogP contribution in [0, 0.1) is 0 Å². The number of carbonyl (C=O) groups excluding carboxylic acids is 1. The fourth-order valence-electron chi connectivity index (χ4n) is 3.19. The second kappa shape index (κ2) is 6.53. The van der Waals surface area contributed by atoms with Crippen molar-refractivity contribution in [2.75, 3.05) is 13.1 Å². The maximum Gasteiger partial charge on any atom is 0.240 e. The molecule has 3 unspecified atom stereocenters. The highest BCUT2D eigenvalue weighted by Crippen LogP contribution is 2.26. The highest BCUT2D eigenvalue weighted by molar-refractivity contribution is 5.83. The quantitative estimate of drug-likeness (QED) is 0.794. The first kappa shape index (κ1) is 13.8. The Labute approximate surface area is 110 Å². The van der Waals surface area contributed by atoms with Crippen LogP contribution in [0.2, 0.25) is 0 Å². The van der Waals surface area contributed by atoms with Gasteiger partial charge in [0.1, 0.15) is 0 Å². The molecule has 0 spiro atoms. The number of hydrogen-bond donors (Lipinski definition) is 2.